The molecule has 0 atom stereocenters. The van der Waals surface area contributed by atoms with Crippen molar-refractivity contribution >= 4 is 31.6 Å². The van der Waals surface area contributed by atoms with Crippen molar-refractivity contribution in [3.63, 3.8) is 0 Å². The number of rotatable bonds is 5. The predicted molar refractivity (Wildman–Crippen MR) is 79.0 cm³/mol. The van der Waals surface area contributed by atoms with Gasteiger partial charge in [0, 0.05) is 10.7 Å². The van der Waals surface area contributed by atoms with Gasteiger partial charge in [-0.25, -0.2) is 8.42 Å². The normalized spacial score (nSPS) is 11.6. The summed E-state index contributed by atoms with van der Waals surface area (Å²) in [5.41, 5.74) is 1.31. The van der Waals surface area contributed by atoms with E-state index in [-0.39, 0.29) is 18.0 Å². The van der Waals surface area contributed by atoms with Crippen LogP contribution in [0, 0.1) is 6.92 Å². The van der Waals surface area contributed by atoms with E-state index in [1.807, 2.05) is 13.0 Å². The van der Waals surface area contributed by atoms with E-state index in [2.05, 4.69) is 25.8 Å². The smallest absolute Gasteiger partial charge is 0.265 e. The quantitative estimate of drug-likeness (QED) is 0.851. The summed E-state index contributed by atoms with van der Waals surface area (Å²) >= 11 is 3.36. The fourth-order valence-corrected chi connectivity index (χ4v) is 3.07. The highest BCUT2D eigenvalue weighted by atomic mass is 79.9. The van der Waals surface area contributed by atoms with Crippen molar-refractivity contribution in [1.29, 1.82) is 0 Å². The van der Waals surface area contributed by atoms with Crippen molar-refractivity contribution in [3.8, 4) is 0 Å². The van der Waals surface area contributed by atoms with E-state index in [0.29, 0.717) is 5.69 Å². The minimum absolute atomic E-state index is 0.0605. The van der Waals surface area contributed by atoms with E-state index < -0.39 is 10.0 Å². The fourth-order valence-electron chi connectivity index (χ4n) is 1.63. The van der Waals surface area contributed by atoms with Crippen LogP contribution in [0.1, 0.15) is 5.56 Å². The zero-order valence-corrected chi connectivity index (χ0v) is 13.1. The number of aliphatic hydroxyl groups excluding tert-OH is 1. The van der Waals surface area contributed by atoms with Crippen molar-refractivity contribution in [1.82, 2.24) is 9.78 Å². The first-order chi connectivity index (χ1) is 9.44. The Morgan fingerprint density at radius 1 is 1.45 bits per heavy atom. The van der Waals surface area contributed by atoms with Crippen LogP contribution in [0.5, 0.6) is 0 Å². The maximum atomic E-state index is 12.2. The number of aromatic nitrogens is 2. The van der Waals surface area contributed by atoms with Gasteiger partial charge >= 0.3 is 0 Å². The number of hydrogen-bond acceptors (Lipinski definition) is 4. The van der Waals surface area contributed by atoms with Crippen molar-refractivity contribution in [2.24, 2.45) is 0 Å². The van der Waals surface area contributed by atoms with Gasteiger partial charge < -0.3 is 5.11 Å². The second kappa shape index (κ2) is 5.94. The van der Waals surface area contributed by atoms with Crippen LogP contribution >= 0.6 is 15.9 Å². The zero-order valence-electron chi connectivity index (χ0n) is 10.7. The predicted octanol–water partition coefficient (Wildman–Crippen LogP) is 1.75. The van der Waals surface area contributed by atoms with Gasteiger partial charge in [-0.05, 0) is 24.6 Å². The van der Waals surface area contributed by atoms with Crippen molar-refractivity contribution in [2.45, 2.75) is 18.4 Å². The Hall–Kier alpha value is -1.38. The van der Waals surface area contributed by atoms with Crippen LogP contribution in [-0.2, 0) is 16.6 Å². The molecular weight excluding hydrogens is 346 g/mol. The molecule has 0 bridgehead atoms. The number of halogens is 1. The van der Waals surface area contributed by atoms with Crippen LogP contribution in [-0.4, -0.2) is 29.9 Å². The molecule has 108 valence electrons. The summed E-state index contributed by atoms with van der Waals surface area (Å²) in [7, 11) is -3.69. The molecule has 20 heavy (non-hydrogen) atoms. The van der Waals surface area contributed by atoms with Crippen LogP contribution in [0.2, 0.25) is 0 Å². The molecule has 2 N–H and O–H groups in total. The Bertz CT molecular complexity index is 712. The summed E-state index contributed by atoms with van der Waals surface area (Å²) < 4.78 is 29.2. The van der Waals surface area contributed by atoms with Gasteiger partial charge in [-0.15, -0.1) is 0 Å². The molecule has 1 aromatic carbocycles. The summed E-state index contributed by atoms with van der Waals surface area (Å²) in [5, 5.41) is 12.7. The van der Waals surface area contributed by atoms with Gasteiger partial charge in [-0.3, -0.25) is 9.40 Å². The van der Waals surface area contributed by atoms with E-state index in [1.54, 1.807) is 12.1 Å². The van der Waals surface area contributed by atoms with E-state index in [9.17, 15) is 8.42 Å². The SMILES string of the molecule is Cc1c(Br)cccc1NS(=O)(=O)c1cnn(CCO)c1. The molecule has 2 aromatic rings. The molecule has 0 saturated carbocycles. The Morgan fingerprint density at radius 2 is 2.20 bits per heavy atom. The van der Waals surface area contributed by atoms with E-state index in [0.717, 1.165) is 10.0 Å². The van der Waals surface area contributed by atoms with Crippen molar-refractivity contribution in [3.05, 3.63) is 40.6 Å². The zero-order chi connectivity index (χ0) is 14.8. The average molecular weight is 360 g/mol. The van der Waals surface area contributed by atoms with Gasteiger partial charge in [0.25, 0.3) is 10.0 Å². The second-order valence-corrected chi connectivity index (χ2v) is 6.72. The lowest BCUT2D eigenvalue weighted by atomic mass is 10.2. The minimum atomic E-state index is -3.69. The number of hydrogen-bond donors (Lipinski definition) is 2. The van der Waals surface area contributed by atoms with Gasteiger partial charge in [0.2, 0.25) is 0 Å². The summed E-state index contributed by atoms with van der Waals surface area (Å²) in [6.45, 7) is 1.97. The monoisotopic (exact) mass is 359 g/mol. The maximum Gasteiger partial charge on any atom is 0.265 e. The average Bonchev–Trinajstić information content (AvgIpc) is 2.85. The van der Waals surface area contributed by atoms with Crippen LogP contribution < -0.4 is 4.72 Å². The molecule has 0 unspecified atom stereocenters. The van der Waals surface area contributed by atoms with Crippen LogP contribution in [0.15, 0.2) is 40.0 Å². The molecule has 6 nitrogen and oxygen atoms in total. The summed E-state index contributed by atoms with van der Waals surface area (Å²) in [6, 6.07) is 5.28. The van der Waals surface area contributed by atoms with Crippen LogP contribution in [0.4, 0.5) is 5.69 Å². The molecule has 0 aliphatic carbocycles. The van der Waals surface area contributed by atoms with Crippen LogP contribution in [0.3, 0.4) is 0 Å². The van der Waals surface area contributed by atoms with Gasteiger partial charge in [0.1, 0.15) is 4.90 Å². The highest BCUT2D eigenvalue weighted by Crippen LogP contribution is 2.25. The van der Waals surface area contributed by atoms with Crippen molar-refractivity contribution in [2.75, 3.05) is 11.3 Å². The number of benzene rings is 1. The molecule has 0 aliphatic rings. The summed E-state index contributed by atoms with van der Waals surface area (Å²) in [4.78, 5) is 0.0605. The Morgan fingerprint density at radius 3 is 2.90 bits per heavy atom. The van der Waals surface area contributed by atoms with E-state index >= 15 is 0 Å². The van der Waals surface area contributed by atoms with Gasteiger partial charge in [-0.1, -0.05) is 22.0 Å². The molecule has 0 radical (unpaired) electrons. The number of anilines is 1. The lowest BCUT2D eigenvalue weighted by Gasteiger charge is -2.10. The Kier molecular flexibility index (Phi) is 4.46. The standard InChI is InChI=1S/C12H14BrN3O3S/c1-9-11(13)3-2-4-12(9)15-20(18,19)10-7-14-16(8-10)5-6-17/h2-4,7-8,15,17H,5-6H2,1H3. The Labute approximate surface area is 125 Å². The third-order valence-electron chi connectivity index (χ3n) is 2.76. The first kappa shape index (κ1) is 15.0. The van der Waals surface area contributed by atoms with E-state index in [4.69, 9.17) is 5.11 Å². The fraction of sp³-hybridized carbons (Fsp3) is 0.250. The highest BCUT2D eigenvalue weighted by molar-refractivity contribution is 9.10. The molecule has 0 amide bonds. The van der Waals surface area contributed by atoms with Crippen LogP contribution in [0.25, 0.3) is 0 Å². The third-order valence-corrected chi connectivity index (χ3v) is 4.94. The minimum Gasteiger partial charge on any atom is -0.394 e. The molecule has 1 heterocycles. The summed E-state index contributed by atoms with van der Waals surface area (Å²) in [5.74, 6) is 0. The number of nitrogens with zero attached hydrogens (tertiary/aromatic N) is 2. The number of nitrogens with one attached hydrogen (secondary N) is 1. The van der Waals surface area contributed by atoms with Gasteiger partial charge in [-0.2, -0.15) is 5.10 Å². The van der Waals surface area contributed by atoms with Gasteiger partial charge in [0.05, 0.1) is 25.0 Å². The molecule has 0 aliphatic heterocycles. The first-order valence-electron chi connectivity index (χ1n) is 5.85. The molecular formula is C12H14BrN3O3S. The largest absolute Gasteiger partial charge is 0.394 e. The lowest BCUT2D eigenvalue weighted by molar-refractivity contribution is 0.269. The molecule has 8 heteroatoms. The lowest BCUT2D eigenvalue weighted by Crippen LogP contribution is -2.13. The second-order valence-electron chi connectivity index (χ2n) is 4.18. The number of aliphatic hydroxyl groups is 1. The molecule has 1 aromatic heterocycles. The third kappa shape index (κ3) is 3.20. The topological polar surface area (TPSA) is 84.2 Å². The molecule has 0 fully saturated rings. The van der Waals surface area contributed by atoms with Gasteiger partial charge in [0.15, 0.2) is 0 Å². The molecule has 0 spiro atoms. The van der Waals surface area contributed by atoms with E-state index in [1.165, 1.54) is 17.1 Å². The number of sulfonamides is 1. The highest BCUT2D eigenvalue weighted by Gasteiger charge is 2.18. The molecule has 0 saturated heterocycles. The van der Waals surface area contributed by atoms with Crippen molar-refractivity contribution < 1.29 is 13.5 Å². The molecule has 2 rings (SSSR count). The Balaban J connectivity index is 2.28. The summed E-state index contributed by atoms with van der Waals surface area (Å²) in [6.07, 6.45) is 2.64. The maximum absolute atomic E-state index is 12.2. The first-order valence-corrected chi connectivity index (χ1v) is 8.13.